The number of H-pyrrole nitrogens is 1. The van der Waals surface area contributed by atoms with Crippen LogP contribution in [0.4, 0.5) is 4.79 Å². The van der Waals surface area contributed by atoms with Crippen LogP contribution in [0.15, 0.2) is 53.5 Å². The zero-order valence-electron chi connectivity index (χ0n) is 32.8. The summed E-state index contributed by atoms with van der Waals surface area (Å²) in [6.07, 6.45) is 6.10. The van der Waals surface area contributed by atoms with E-state index in [0.29, 0.717) is 84.5 Å². The maximum atomic E-state index is 14.4. The van der Waals surface area contributed by atoms with Crippen molar-refractivity contribution in [1.82, 2.24) is 39.7 Å². The summed E-state index contributed by atoms with van der Waals surface area (Å²) in [4.78, 5) is 53.1. The number of hydrogen-bond acceptors (Lipinski definition) is 8. The summed E-state index contributed by atoms with van der Waals surface area (Å²) in [5.74, 6) is 0.0274. The highest BCUT2D eigenvalue weighted by molar-refractivity contribution is 5.88. The molecule has 0 spiro atoms. The number of ether oxygens (including phenoxy) is 2. The number of amides is 3. The molecule has 2 aromatic carbocycles. The number of para-hydroxylation sites is 1. The molecule has 0 saturated carbocycles. The quantitative estimate of drug-likeness (QED) is 0.197. The molecule has 55 heavy (non-hydrogen) atoms. The zero-order valence-corrected chi connectivity index (χ0v) is 32.8. The minimum Gasteiger partial charge on any atom is -0.379 e. The van der Waals surface area contributed by atoms with Gasteiger partial charge in [-0.05, 0) is 100 Å². The summed E-state index contributed by atoms with van der Waals surface area (Å²) in [7, 11) is 2.18. The number of piperazine rings is 1. The molecule has 2 aromatic heterocycles. The number of aromatic amines is 1. The molecule has 1 atom stereocenters. The normalized spacial score (nSPS) is 18.7. The van der Waals surface area contributed by atoms with Crippen molar-refractivity contribution in [3.05, 3.63) is 75.7 Å². The van der Waals surface area contributed by atoms with Gasteiger partial charge in [-0.15, -0.1) is 0 Å². The fraction of sp³-hybridized carbons (Fsp3) is 0.571. The fourth-order valence-electron chi connectivity index (χ4n) is 8.62. The SMILES string of the molecule is CCOCCOCCn1cc2cc(CC(NC(=O)N3CCC(c4cc5ccccc5[nH]c4=O)CC3)C(=O)N3CCN(C4CCN(C)CC4)CC3)cc(C)c2n1. The Kier molecular flexibility index (Phi) is 12.8. The molecule has 0 radical (unpaired) electrons. The number of benzene rings is 2. The summed E-state index contributed by atoms with van der Waals surface area (Å²) in [5, 5.41) is 10.00. The van der Waals surface area contributed by atoms with Gasteiger partial charge >= 0.3 is 6.03 Å². The van der Waals surface area contributed by atoms with E-state index >= 15 is 0 Å². The summed E-state index contributed by atoms with van der Waals surface area (Å²) in [6, 6.07) is 13.6. The minimum absolute atomic E-state index is 0.0355. The molecule has 4 aromatic rings. The molecule has 5 heterocycles. The maximum Gasteiger partial charge on any atom is 0.318 e. The molecule has 13 heteroatoms. The van der Waals surface area contributed by atoms with E-state index in [0.717, 1.165) is 77.5 Å². The predicted octanol–water partition coefficient (Wildman–Crippen LogP) is 3.98. The molecule has 3 fully saturated rings. The third-order valence-electron chi connectivity index (χ3n) is 11.8. The number of hydrogen-bond donors (Lipinski definition) is 2. The van der Waals surface area contributed by atoms with E-state index in [2.05, 4.69) is 39.3 Å². The second-order valence-electron chi connectivity index (χ2n) is 15.6. The first kappa shape index (κ1) is 39.0. The smallest absolute Gasteiger partial charge is 0.318 e. The van der Waals surface area contributed by atoms with Gasteiger partial charge < -0.3 is 34.5 Å². The van der Waals surface area contributed by atoms with Gasteiger partial charge in [-0.25, -0.2) is 4.79 Å². The van der Waals surface area contributed by atoms with Gasteiger partial charge in [-0.1, -0.05) is 24.3 Å². The fourth-order valence-corrected chi connectivity index (χ4v) is 8.62. The molecule has 3 aliphatic heterocycles. The van der Waals surface area contributed by atoms with Gasteiger partial charge in [0.05, 0.1) is 31.9 Å². The summed E-state index contributed by atoms with van der Waals surface area (Å²) >= 11 is 0. The molecule has 13 nitrogen and oxygen atoms in total. The first-order valence-electron chi connectivity index (χ1n) is 20.3. The van der Waals surface area contributed by atoms with Gasteiger partial charge in [0.2, 0.25) is 5.91 Å². The molecule has 2 N–H and O–H groups in total. The number of pyridine rings is 1. The van der Waals surface area contributed by atoms with Crippen molar-refractivity contribution in [3.8, 4) is 0 Å². The lowest BCUT2D eigenvalue weighted by Crippen LogP contribution is -2.59. The maximum absolute atomic E-state index is 14.4. The van der Waals surface area contributed by atoms with Crippen molar-refractivity contribution >= 4 is 33.7 Å². The van der Waals surface area contributed by atoms with Gasteiger partial charge in [0.1, 0.15) is 6.04 Å². The van der Waals surface area contributed by atoms with Crippen LogP contribution in [0.1, 0.15) is 55.2 Å². The number of piperidine rings is 2. The topological polar surface area (TPSA) is 128 Å². The number of carbonyl (C=O) groups excluding carboxylic acids is 2. The number of fused-ring (bicyclic) bond motifs is 2. The Morgan fingerprint density at radius 1 is 0.891 bits per heavy atom. The molecule has 7 rings (SSSR count). The molecule has 0 aliphatic carbocycles. The molecule has 3 saturated heterocycles. The largest absolute Gasteiger partial charge is 0.379 e. The monoisotopic (exact) mass is 754 g/mol. The third-order valence-corrected chi connectivity index (χ3v) is 11.8. The van der Waals surface area contributed by atoms with Crippen molar-refractivity contribution in [2.75, 3.05) is 85.8 Å². The van der Waals surface area contributed by atoms with E-state index in [9.17, 15) is 14.4 Å². The molecular formula is C42H58N8O5. The van der Waals surface area contributed by atoms with Crippen molar-refractivity contribution in [2.45, 2.75) is 70.5 Å². The highest BCUT2D eigenvalue weighted by Crippen LogP contribution is 2.28. The summed E-state index contributed by atoms with van der Waals surface area (Å²) < 4.78 is 13.0. The van der Waals surface area contributed by atoms with Crippen molar-refractivity contribution < 1.29 is 19.1 Å². The highest BCUT2D eigenvalue weighted by atomic mass is 16.5. The van der Waals surface area contributed by atoms with Crippen LogP contribution in [0.25, 0.3) is 21.8 Å². The van der Waals surface area contributed by atoms with E-state index < -0.39 is 6.04 Å². The second-order valence-corrected chi connectivity index (χ2v) is 15.6. The first-order chi connectivity index (χ1) is 26.7. The average molecular weight is 755 g/mol. The standard InChI is InChI=1S/C42H58N8O5/c1-4-54-23-24-55-22-21-50-29-34-26-31(25-30(2)39(34)45-50)27-38(41(52)48-19-17-47(18-20-48)35-11-13-46(3)14-12-35)44-42(53)49-15-9-32(10-16-49)36-28-33-7-5-6-8-37(33)43-40(36)51/h5-8,25-26,28-29,32,35,38H,4,9-24,27H2,1-3H3,(H,43,51)(H,44,53). The third kappa shape index (κ3) is 9.57. The zero-order chi connectivity index (χ0) is 38.3. The van der Waals surface area contributed by atoms with Crippen LogP contribution in [-0.2, 0) is 27.2 Å². The molecule has 1 unspecified atom stereocenters. The van der Waals surface area contributed by atoms with Crippen LogP contribution >= 0.6 is 0 Å². The van der Waals surface area contributed by atoms with Crippen LogP contribution < -0.4 is 10.9 Å². The Morgan fingerprint density at radius 2 is 1.64 bits per heavy atom. The van der Waals surface area contributed by atoms with Crippen LogP contribution in [-0.4, -0.2) is 144 Å². The number of aromatic nitrogens is 3. The predicted molar refractivity (Wildman–Crippen MR) is 215 cm³/mol. The van der Waals surface area contributed by atoms with Gasteiger partial charge in [0, 0.05) is 81.0 Å². The number of aryl methyl sites for hydroxylation is 1. The van der Waals surface area contributed by atoms with E-state index in [4.69, 9.17) is 14.6 Å². The Morgan fingerprint density at radius 3 is 2.40 bits per heavy atom. The molecule has 3 amide bonds. The molecular weight excluding hydrogens is 697 g/mol. The van der Waals surface area contributed by atoms with E-state index in [1.165, 1.54) is 0 Å². The second kappa shape index (κ2) is 18.1. The summed E-state index contributed by atoms with van der Waals surface area (Å²) in [6.45, 7) is 13.2. The van der Waals surface area contributed by atoms with E-state index in [-0.39, 0.29) is 23.4 Å². The molecule has 3 aliphatic rings. The molecule has 296 valence electrons. The van der Waals surface area contributed by atoms with Crippen LogP contribution in [0.2, 0.25) is 0 Å². The van der Waals surface area contributed by atoms with E-state index in [1.54, 1.807) is 4.90 Å². The van der Waals surface area contributed by atoms with Gasteiger partial charge in [0.25, 0.3) is 5.56 Å². The highest BCUT2D eigenvalue weighted by Gasteiger charge is 2.34. The van der Waals surface area contributed by atoms with Gasteiger partial charge in [-0.3, -0.25) is 19.2 Å². The van der Waals surface area contributed by atoms with Gasteiger partial charge in [-0.2, -0.15) is 5.10 Å². The Hall–Kier alpha value is -4.30. The van der Waals surface area contributed by atoms with Gasteiger partial charge in [0.15, 0.2) is 0 Å². The number of likely N-dealkylation sites (tertiary alicyclic amines) is 2. The number of nitrogens with zero attached hydrogens (tertiary/aromatic N) is 6. The number of urea groups is 1. The lowest BCUT2D eigenvalue weighted by molar-refractivity contribution is -0.135. The Labute approximate surface area is 323 Å². The van der Waals surface area contributed by atoms with Crippen LogP contribution in [0.5, 0.6) is 0 Å². The average Bonchev–Trinajstić information content (AvgIpc) is 3.62. The Balaban J connectivity index is 1.03. The van der Waals surface area contributed by atoms with Crippen LogP contribution in [0.3, 0.4) is 0 Å². The lowest BCUT2D eigenvalue weighted by Gasteiger charge is -2.43. The number of nitrogens with one attached hydrogen (secondary N) is 2. The molecule has 0 bridgehead atoms. The minimum atomic E-state index is -0.714. The lowest BCUT2D eigenvalue weighted by atomic mass is 9.89. The van der Waals surface area contributed by atoms with E-state index in [1.807, 2.05) is 60.0 Å². The van der Waals surface area contributed by atoms with Crippen molar-refractivity contribution in [1.29, 1.82) is 0 Å². The van der Waals surface area contributed by atoms with Crippen molar-refractivity contribution in [2.24, 2.45) is 0 Å². The first-order valence-corrected chi connectivity index (χ1v) is 20.3. The number of carbonyl (C=O) groups is 2. The van der Waals surface area contributed by atoms with Crippen molar-refractivity contribution in [3.63, 3.8) is 0 Å². The number of rotatable bonds is 13. The van der Waals surface area contributed by atoms with Crippen LogP contribution in [0, 0.1) is 6.92 Å². The Bertz CT molecular complexity index is 1970. The summed E-state index contributed by atoms with van der Waals surface area (Å²) in [5.41, 5.74) is 4.46.